The summed E-state index contributed by atoms with van der Waals surface area (Å²) in [6.07, 6.45) is 2.13. The summed E-state index contributed by atoms with van der Waals surface area (Å²) in [7, 11) is 1.69. The Morgan fingerprint density at radius 1 is 1.42 bits per heavy atom. The van der Waals surface area contributed by atoms with E-state index in [1.54, 1.807) is 7.11 Å². The Bertz CT molecular complexity index is 557. The Balaban J connectivity index is 1.82. The number of carbonyl (C=O) groups excluding carboxylic acids is 1. The van der Waals surface area contributed by atoms with E-state index < -0.39 is 0 Å². The van der Waals surface area contributed by atoms with Gasteiger partial charge in [-0.25, -0.2) is 0 Å². The lowest BCUT2D eigenvalue weighted by Crippen LogP contribution is -2.42. The van der Waals surface area contributed by atoms with Crippen molar-refractivity contribution in [3.05, 3.63) is 36.1 Å². The van der Waals surface area contributed by atoms with E-state index in [1.807, 2.05) is 35.2 Å². The molecule has 1 aliphatic heterocycles. The lowest BCUT2D eigenvalue weighted by molar-refractivity contribution is 0.0253. The molecule has 2 aromatic rings. The van der Waals surface area contributed by atoms with Crippen molar-refractivity contribution in [2.24, 2.45) is 0 Å². The number of amides is 1. The molecule has 0 bridgehead atoms. The van der Waals surface area contributed by atoms with Crippen LogP contribution in [0.3, 0.4) is 0 Å². The van der Waals surface area contributed by atoms with Crippen molar-refractivity contribution in [1.29, 1.82) is 0 Å². The first-order chi connectivity index (χ1) is 9.28. The van der Waals surface area contributed by atoms with Crippen LogP contribution >= 0.6 is 0 Å². The van der Waals surface area contributed by atoms with Crippen LogP contribution in [0.2, 0.25) is 0 Å². The van der Waals surface area contributed by atoms with Gasteiger partial charge in [0.1, 0.15) is 5.58 Å². The van der Waals surface area contributed by atoms with Crippen molar-refractivity contribution < 1.29 is 13.9 Å². The van der Waals surface area contributed by atoms with Gasteiger partial charge in [0.25, 0.3) is 5.91 Å². The number of ether oxygens (including phenoxy) is 1. The SMILES string of the molecule is COC1CCCN(C(=O)c2cc3ccccc3o2)C1. The van der Waals surface area contributed by atoms with Gasteiger partial charge in [-0.1, -0.05) is 18.2 Å². The Morgan fingerprint density at radius 3 is 3.05 bits per heavy atom. The zero-order valence-electron chi connectivity index (χ0n) is 11.0. The Kier molecular flexibility index (Phi) is 3.25. The van der Waals surface area contributed by atoms with E-state index in [4.69, 9.17) is 9.15 Å². The number of methoxy groups -OCH3 is 1. The number of rotatable bonds is 2. The number of likely N-dealkylation sites (tertiary alicyclic amines) is 1. The number of nitrogens with zero attached hydrogens (tertiary/aromatic N) is 1. The molecule has 2 heterocycles. The molecule has 4 nitrogen and oxygen atoms in total. The molecular formula is C15H17NO3. The monoisotopic (exact) mass is 259 g/mol. The van der Waals surface area contributed by atoms with Gasteiger partial charge in [0.2, 0.25) is 0 Å². The lowest BCUT2D eigenvalue weighted by atomic mass is 10.1. The van der Waals surface area contributed by atoms with E-state index >= 15 is 0 Å². The number of benzene rings is 1. The van der Waals surface area contributed by atoms with Crippen LogP contribution in [-0.4, -0.2) is 37.1 Å². The van der Waals surface area contributed by atoms with Gasteiger partial charge in [-0.3, -0.25) is 4.79 Å². The van der Waals surface area contributed by atoms with Gasteiger partial charge in [0.15, 0.2) is 5.76 Å². The fraction of sp³-hybridized carbons (Fsp3) is 0.400. The molecule has 0 spiro atoms. The van der Waals surface area contributed by atoms with Crippen LogP contribution in [0.1, 0.15) is 23.4 Å². The minimum atomic E-state index is -0.0436. The number of para-hydroxylation sites is 1. The maximum Gasteiger partial charge on any atom is 0.289 e. The maximum atomic E-state index is 12.4. The van der Waals surface area contributed by atoms with Crippen molar-refractivity contribution in [2.75, 3.05) is 20.2 Å². The summed E-state index contributed by atoms with van der Waals surface area (Å²) in [6, 6.07) is 9.48. The van der Waals surface area contributed by atoms with Crippen LogP contribution in [0.4, 0.5) is 0 Å². The maximum absolute atomic E-state index is 12.4. The molecule has 19 heavy (non-hydrogen) atoms. The van der Waals surface area contributed by atoms with Gasteiger partial charge in [-0.05, 0) is 25.0 Å². The molecular weight excluding hydrogens is 242 g/mol. The standard InChI is InChI=1S/C15H17NO3/c1-18-12-6-4-8-16(10-12)15(17)14-9-11-5-2-3-7-13(11)19-14/h2-3,5,7,9,12H,4,6,8,10H2,1H3. The van der Waals surface area contributed by atoms with E-state index in [0.29, 0.717) is 12.3 Å². The first-order valence-corrected chi connectivity index (χ1v) is 6.58. The van der Waals surface area contributed by atoms with Crippen LogP contribution in [-0.2, 0) is 4.74 Å². The Morgan fingerprint density at radius 2 is 2.26 bits per heavy atom. The highest BCUT2D eigenvalue weighted by Gasteiger charge is 2.26. The molecule has 1 atom stereocenters. The van der Waals surface area contributed by atoms with Crippen LogP contribution in [0, 0.1) is 0 Å². The molecule has 0 radical (unpaired) electrons. The third kappa shape index (κ3) is 2.36. The van der Waals surface area contributed by atoms with Gasteiger partial charge >= 0.3 is 0 Å². The first-order valence-electron chi connectivity index (χ1n) is 6.58. The Labute approximate surface area is 111 Å². The van der Waals surface area contributed by atoms with Crippen molar-refractivity contribution in [2.45, 2.75) is 18.9 Å². The van der Waals surface area contributed by atoms with Gasteiger partial charge in [-0.15, -0.1) is 0 Å². The Hall–Kier alpha value is -1.81. The van der Waals surface area contributed by atoms with Crippen LogP contribution in [0.15, 0.2) is 34.7 Å². The van der Waals surface area contributed by atoms with Gasteiger partial charge < -0.3 is 14.1 Å². The second kappa shape index (κ2) is 5.05. The summed E-state index contributed by atoms with van der Waals surface area (Å²) in [4.78, 5) is 14.2. The zero-order chi connectivity index (χ0) is 13.2. The summed E-state index contributed by atoms with van der Waals surface area (Å²) in [6.45, 7) is 1.42. The van der Waals surface area contributed by atoms with Crippen LogP contribution in [0.25, 0.3) is 11.0 Å². The molecule has 1 amide bonds. The van der Waals surface area contributed by atoms with E-state index in [9.17, 15) is 4.79 Å². The predicted molar refractivity (Wildman–Crippen MR) is 72.1 cm³/mol. The van der Waals surface area contributed by atoms with Gasteiger partial charge in [0, 0.05) is 25.6 Å². The highest BCUT2D eigenvalue weighted by atomic mass is 16.5. The topological polar surface area (TPSA) is 42.7 Å². The van der Waals surface area contributed by atoms with Gasteiger partial charge in [0.05, 0.1) is 6.10 Å². The van der Waals surface area contributed by atoms with E-state index in [1.165, 1.54) is 0 Å². The average molecular weight is 259 g/mol. The summed E-state index contributed by atoms with van der Waals surface area (Å²) in [5, 5.41) is 0.964. The normalized spacial score (nSPS) is 19.8. The number of hydrogen-bond donors (Lipinski definition) is 0. The van der Waals surface area contributed by atoms with Crippen LogP contribution in [0.5, 0.6) is 0 Å². The molecule has 100 valence electrons. The van der Waals surface area contributed by atoms with Crippen molar-refractivity contribution in [3.63, 3.8) is 0 Å². The number of carbonyl (C=O) groups is 1. The van der Waals surface area contributed by atoms with Crippen LogP contribution < -0.4 is 0 Å². The predicted octanol–water partition coefficient (Wildman–Crippen LogP) is 2.68. The zero-order valence-corrected chi connectivity index (χ0v) is 11.0. The summed E-state index contributed by atoms with van der Waals surface area (Å²) >= 11 is 0. The molecule has 1 aromatic heterocycles. The summed E-state index contributed by atoms with van der Waals surface area (Å²) in [5.74, 6) is 0.371. The third-order valence-corrected chi connectivity index (χ3v) is 3.64. The largest absolute Gasteiger partial charge is 0.451 e. The summed E-state index contributed by atoms with van der Waals surface area (Å²) in [5.41, 5.74) is 0.756. The number of hydrogen-bond acceptors (Lipinski definition) is 3. The second-order valence-corrected chi connectivity index (χ2v) is 4.90. The van der Waals surface area contributed by atoms with E-state index in [0.717, 1.165) is 30.4 Å². The molecule has 0 N–H and O–H groups in total. The molecule has 1 unspecified atom stereocenters. The number of furan rings is 1. The van der Waals surface area contributed by atoms with Crippen molar-refractivity contribution in [3.8, 4) is 0 Å². The van der Waals surface area contributed by atoms with Gasteiger partial charge in [-0.2, -0.15) is 0 Å². The molecule has 3 rings (SSSR count). The molecule has 0 aliphatic carbocycles. The highest BCUT2D eigenvalue weighted by molar-refractivity contribution is 5.96. The highest BCUT2D eigenvalue weighted by Crippen LogP contribution is 2.22. The molecule has 1 fully saturated rings. The summed E-state index contributed by atoms with van der Waals surface area (Å²) < 4.78 is 11.0. The third-order valence-electron chi connectivity index (χ3n) is 3.64. The first kappa shape index (κ1) is 12.2. The smallest absolute Gasteiger partial charge is 0.289 e. The minimum absolute atomic E-state index is 0.0436. The van der Waals surface area contributed by atoms with Crippen molar-refractivity contribution >= 4 is 16.9 Å². The van der Waals surface area contributed by atoms with E-state index in [2.05, 4.69) is 0 Å². The average Bonchev–Trinajstić information content (AvgIpc) is 2.90. The molecule has 1 saturated heterocycles. The molecule has 1 aliphatic rings. The second-order valence-electron chi connectivity index (χ2n) is 4.90. The number of piperidine rings is 1. The molecule has 0 saturated carbocycles. The number of fused-ring (bicyclic) bond motifs is 1. The molecule has 1 aromatic carbocycles. The van der Waals surface area contributed by atoms with E-state index in [-0.39, 0.29) is 12.0 Å². The lowest BCUT2D eigenvalue weighted by Gasteiger charge is -2.31. The fourth-order valence-electron chi connectivity index (χ4n) is 2.56. The minimum Gasteiger partial charge on any atom is -0.451 e. The fourth-order valence-corrected chi connectivity index (χ4v) is 2.56. The quantitative estimate of drug-likeness (QED) is 0.832. The van der Waals surface area contributed by atoms with Crippen molar-refractivity contribution in [1.82, 2.24) is 4.90 Å². The molecule has 4 heteroatoms.